The van der Waals surface area contributed by atoms with Crippen LogP contribution < -0.4 is 0 Å². The molecule has 1 atom stereocenters. The molecule has 0 spiro atoms. The summed E-state index contributed by atoms with van der Waals surface area (Å²) in [6.45, 7) is 7.36. The van der Waals surface area contributed by atoms with E-state index in [0.29, 0.717) is 5.92 Å². The first-order valence-electron chi connectivity index (χ1n) is 8.79. The van der Waals surface area contributed by atoms with Gasteiger partial charge in [-0.2, -0.15) is 0 Å². The van der Waals surface area contributed by atoms with Crippen molar-refractivity contribution in [3.05, 3.63) is 41.5 Å². The summed E-state index contributed by atoms with van der Waals surface area (Å²) < 4.78 is 0. The van der Waals surface area contributed by atoms with Gasteiger partial charge in [0, 0.05) is 49.2 Å². The van der Waals surface area contributed by atoms with Crippen LogP contribution in [0.5, 0.6) is 0 Å². The van der Waals surface area contributed by atoms with Gasteiger partial charge in [-0.05, 0) is 38.8 Å². The maximum atomic E-state index is 4.62. The third kappa shape index (κ3) is 4.38. The monoisotopic (exact) mass is 313 g/mol. The van der Waals surface area contributed by atoms with Gasteiger partial charge < -0.3 is 4.98 Å². The van der Waals surface area contributed by atoms with Gasteiger partial charge >= 0.3 is 0 Å². The third-order valence-corrected chi connectivity index (χ3v) is 4.56. The topological polar surface area (TPSA) is 57.7 Å². The average Bonchev–Trinajstić information content (AvgIpc) is 3.00. The summed E-state index contributed by atoms with van der Waals surface area (Å²) in [5, 5.41) is 0. The molecule has 124 valence electrons. The van der Waals surface area contributed by atoms with E-state index >= 15 is 0 Å². The minimum absolute atomic E-state index is 0.521. The van der Waals surface area contributed by atoms with E-state index in [1.807, 2.05) is 19.3 Å². The molecule has 23 heavy (non-hydrogen) atoms. The molecule has 0 radical (unpaired) electrons. The smallest absolute Gasteiger partial charge is 0.125 e. The molecule has 0 aliphatic carbocycles. The number of aromatic nitrogens is 4. The van der Waals surface area contributed by atoms with Gasteiger partial charge in [-0.3, -0.25) is 4.90 Å². The summed E-state index contributed by atoms with van der Waals surface area (Å²) in [4.78, 5) is 19.3. The van der Waals surface area contributed by atoms with Crippen molar-refractivity contribution in [2.24, 2.45) is 0 Å². The molecule has 2 aromatic heterocycles. The van der Waals surface area contributed by atoms with Crippen molar-refractivity contribution in [3.8, 4) is 0 Å². The second kappa shape index (κ2) is 7.68. The molecule has 0 bridgehead atoms. The average molecular weight is 313 g/mol. The van der Waals surface area contributed by atoms with E-state index < -0.39 is 0 Å². The number of unbranched alkanes of at least 4 members (excludes halogenated alkanes) is 1. The Bertz CT molecular complexity index is 621. The zero-order valence-corrected chi connectivity index (χ0v) is 14.3. The van der Waals surface area contributed by atoms with Crippen LogP contribution in [0.1, 0.15) is 61.6 Å². The number of likely N-dealkylation sites (tertiary alicyclic amines) is 1. The minimum atomic E-state index is 0.521. The largest absolute Gasteiger partial charge is 0.345 e. The van der Waals surface area contributed by atoms with Gasteiger partial charge in [-0.25, -0.2) is 15.0 Å². The lowest BCUT2D eigenvalue weighted by atomic mass is 9.94. The van der Waals surface area contributed by atoms with Crippen LogP contribution in [0.15, 0.2) is 18.5 Å². The molecule has 0 aromatic carbocycles. The molecule has 0 amide bonds. The maximum Gasteiger partial charge on any atom is 0.125 e. The molecule has 1 fully saturated rings. The summed E-state index contributed by atoms with van der Waals surface area (Å²) in [6, 6.07) is 2.07. The standard InChI is InChI=1S/C18H27N5/c1-3-4-7-18-20-11-16(22-18)13-23-10-5-6-15(12-23)17-8-9-19-14(2)21-17/h8-9,11,15H,3-7,10,12-13H2,1-2H3,(H,20,22). The zero-order valence-electron chi connectivity index (χ0n) is 14.3. The number of imidazole rings is 1. The van der Waals surface area contributed by atoms with Crippen LogP contribution in [0.2, 0.25) is 0 Å². The number of piperidine rings is 1. The number of aromatic amines is 1. The molecule has 1 aliphatic heterocycles. The normalized spacial score (nSPS) is 19.1. The fraction of sp³-hybridized carbons (Fsp3) is 0.611. The predicted molar refractivity (Wildman–Crippen MR) is 91.2 cm³/mol. The van der Waals surface area contributed by atoms with E-state index in [2.05, 4.69) is 37.8 Å². The van der Waals surface area contributed by atoms with Crippen molar-refractivity contribution in [2.75, 3.05) is 13.1 Å². The summed E-state index contributed by atoms with van der Waals surface area (Å²) in [5.41, 5.74) is 2.42. The number of aryl methyl sites for hydroxylation is 2. The molecular formula is C18H27N5. The highest BCUT2D eigenvalue weighted by atomic mass is 15.1. The van der Waals surface area contributed by atoms with E-state index in [0.717, 1.165) is 37.7 Å². The third-order valence-electron chi connectivity index (χ3n) is 4.56. The van der Waals surface area contributed by atoms with Crippen molar-refractivity contribution < 1.29 is 0 Å². The van der Waals surface area contributed by atoms with Gasteiger partial charge in [0.05, 0.1) is 0 Å². The van der Waals surface area contributed by atoms with E-state index in [-0.39, 0.29) is 0 Å². The van der Waals surface area contributed by atoms with Crippen LogP contribution in [0.3, 0.4) is 0 Å². The fourth-order valence-corrected chi connectivity index (χ4v) is 3.34. The molecule has 5 heteroatoms. The number of hydrogen-bond acceptors (Lipinski definition) is 4. The summed E-state index contributed by atoms with van der Waals surface area (Å²) in [7, 11) is 0. The quantitative estimate of drug-likeness (QED) is 0.889. The highest BCUT2D eigenvalue weighted by Gasteiger charge is 2.23. The van der Waals surface area contributed by atoms with Crippen molar-refractivity contribution in [2.45, 2.75) is 58.4 Å². The van der Waals surface area contributed by atoms with Gasteiger partial charge in [0.2, 0.25) is 0 Å². The van der Waals surface area contributed by atoms with Gasteiger partial charge in [-0.15, -0.1) is 0 Å². The zero-order chi connectivity index (χ0) is 16.1. The number of H-pyrrole nitrogens is 1. The molecule has 3 heterocycles. The molecule has 2 aromatic rings. The Morgan fingerprint density at radius 2 is 2.26 bits per heavy atom. The highest BCUT2D eigenvalue weighted by Crippen LogP contribution is 2.26. The van der Waals surface area contributed by atoms with Crippen LogP contribution in [0.25, 0.3) is 0 Å². The van der Waals surface area contributed by atoms with Gasteiger partial charge in [0.15, 0.2) is 0 Å². The van der Waals surface area contributed by atoms with Gasteiger partial charge in [0.25, 0.3) is 0 Å². The first-order chi connectivity index (χ1) is 11.2. The summed E-state index contributed by atoms with van der Waals surface area (Å²) in [6.07, 6.45) is 9.80. The molecule has 3 rings (SSSR count). The summed E-state index contributed by atoms with van der Waals surface area (Å²) in [5.74, 6) is 2.52. The van der Waals surface area contributed by atoms with Crippen molar-refractivity contribution in [3.63, 3.8) is 0 Å². The van der Waals surface area contributed by atoms with Gasteiger partial charge in [-0.1, -0.05) is 13.3 Å². The fourth-order valence-electron chi connectivity index (χ4n) is 3.34. The number of hydrogen-bond donors (Lipinski definition) is 1. The second-order valence-electron chi connectivity index (χ2n) is 6.56. The van der Waals surface area contributed by atoms with Crippen LogP contribution in [0.4, 0.5) is 0 Å². The number of nitrogens with one attached hydrogen (secondary N) is 1. The van der Waals surface area contributed by atoms with Crippen LogP contribution in [-0.2, 0) is 13.0 Å². The lowest BCUT2D eigenvalue weighted by Crippen LogP contribution is -2.34. The van der Waals surface area contributed by atoms with Crippen LogP contribution >= 0.6 is 0 Å². The lowest BCUT2D eigenvalue weighted by Gasteiger charge is -2.32. The van der Waals surface area contributed by atoms with Gasteiger partial charge in [0.1, 0.15) is 11.6 Å². The number of rotatable bonds is 6. The molecular weight excluding hydrogens is 286 g/mol. The van der Waals surface area contributed by atoms with Crippen LogP contribution in [0, 0.1) is 6.92 Å². The molecule has 1 N–H and O–H groups in total. The SMILES string of the molecule is CCCCc1ncc(CN2CCCC(c3ccnc(C)n3)C2)[nH]1. The molecule has 1 aliphatic rings. The Morgan fingerprint density at radius 3 is 3.09 bits per heavy atom. The first-order valence-corrected chi connectivity index (χ1v) is 8.79. The Hall–Kier alpha value is -1.75. The van der Waals surface area contributed by atoms with E-state index in [9.17, 15) is 0 Å². The van der Waals surface area contributed by atoms with Crippen molar-refractivity contribution in [1.29, 1.82) is 0 Å². The number of nitrogens with zero attached hydrogens (tertiary/aromatic N) is 4. The molecule has 5 nitrogen and oxygen atoms in total. The Morgan fingerprint density at radius 1 is 1.35 bits per heavy atom. The predicted octanol–water partition coefficient (Wildman–Crippen LogP) is 3.23. The summed E-state index contributed by atoms with van der Waals surface area (Å²) >= 11 is 0. The van der Waals surface area contributed by atoms with E-state index in [1.54, 1.807) is 0 Å². The first kappa shape index (κ1) is 16.1. The van der Waals surface area contributed by atoms with Crippen molar-refractivity contribution in [1.82, 2.24) is 24.8 Å². The molecule has 1 unspecified atom stereocenters. The van der Waals surface area contributed by atoms with E-state index in [1.165, 1.54) is 37.1 Å². The van der Waals surface area contributed by atoms with Crippen LogP contribution in [-0.4, -0.2) is 37.9 Å². The lowest BCUT2D eigenvalue weighted by molar-refractivity contribution is 0.196. The highest BCUT2D eigenvalue weighted by molar-refractivity contribution is 5.10. The maximum absolute atomic E-state index is 4.62. The molecule has 1 saturated heterocycles. The Labute approximate surface area is 138 Å². The van der Waals surface area contributed by atoms with E-state index in [4.69, 9.17) is 0 Å². The Balaban J connectivity index is 1.59. The second-order valence-corrected chi connectivity index (χ2v) is 6.56. The minimum Gasteiger partial charge on any atom is -0.345 e. The Kier molecular flexibility index (Phi) is 5.39. The van der Waals surface area contributed by atoms with Crippen molar-refractivity contribution >= 4 is 0 Å². The molecule has 0 saturated carbocycles.